The lowest BCUT2D eigenvalue weighted by Crippen LogP contribution is -2.35. The lowest BCUT2D eigenvalue weighted by atomic mass is 10.2. The van der Waals surface area contributed by atoms with Gasteiger partial charge in [-0.25, -0.2) is 8.42 Å². The highest BCUT2D eigenvalue weighted by molar-refractivity contribution is 7.92. The summed E-state index contributed by atoms with van der Waals surface area (Å²) >= 11 is 11.9. The average molecular weight is 353 g/mol. The number of hydrogen-bond acceptors (Lipinski definition) is 4. The van der Waals surface area contributed by atoms with Crippen LogP contribution in [0.1, 0.15) is 20.8 Å². The Hall–Kier alpha value is -0.980. The smallest absolute Gasteiger partial charge is 0.242 e. The van der Waals surface area contributed by atoms with E-state index in [1.807, 2.05) is 0 Å². The predicted molar refractivity (Wildman–Crippen MR) is 87.6 cm³/mol. The molecule has 0 heterocycles. The third-order valence-corrected chi connectivity index (χ3v) is 5.81. The summed E-state index contributed by atoms with van der Waals surface area (Å²) in [5, 5.41) is 1.57. The highest BCUT2D eigenvalue weighted by atomic mass is 35.5. The molecule has 0 saturated carbocycles. The van der Waals surface area contributed by atoms with Gasteiger partial charge in [-0.1, -0.05) is 37.0 Å². The first-order chi connectivity index (χ1) is 9.54. The standard InChI is InChI=1S/C13H18Cl2N2O3S/c1-7(2)6-21(19,20)8(3)13(18)17-12-10(14)4-9(16)5-11(12)15/h4-5,7-8H,6,16H2,1-3H3,(H,17,18). The maximum Gasteiger partial charge on any atom is 0.242 e. The van der Waals surface area contributed by atoms with Crippen LogP contribution in [0.2, 0.25) is 10.0 Å². The van der Waals surface area contributed by atoms with Crippen LogP contribution in [0, 0.1) is 5.92 Å². The van der Waals surface area contributed by atoms with Crippen LogP contribution >= 0.6 is 23.2 Å². The van der Waals surface area contributed by atoms with Gasteiger partial charge in [0.15, 0.2) is 9.84 Å². The molecule has 1 rings (SSSR count). The van der Waals surface area contributed by atoms with Crippen LogP contribution in [0.25, 0.3) is 0 Å². The van der Waals surface area contributed by atoms with Crippen LogP contribution in [-0.4, -0.2) is 25.3 Å². The number of nitrogens with one attached hydrogen (secondary N) is 1. The molecule has 8 heteroatoms. The lowest BCUT2D eigenvalue weighted by Gasteiger charge is -2.16. The van der Waals surface area contributed by atoms with Crippen LogP contribution in [-0.2, 0) is 14.6 Å². The average Bonchev–Trinajstić information content (AvgIpc) is 2.30. The van der Waals surface area contributed by atoms with Gasteiger partial charge in [0.1, 0.15) is 5.25 Å². The maximum atomic E-state index is 12.1. The first-order valence-electron chi connectivity index (χ1n) is 6.31. The molecule has 0 aliphatic rings. The van der Waals surface area contributed by atoms with Crippen molar-refractivity contribution in [3.8, 4) is 0 Å². The number of halogens is 2. The Morgan fingerprint density at radius 1 is 1.24 bits per heavy atom. The maximum absolute atomic E-state index is 12.1. The van der Waals surface area contributed by atoms with Gasteiger partial charge in [0.05, 0.1) is 21.5 Å². The van der Waals surface area contributed by atoms with E-state index >= 15 is 0 Å². The Morgan fingerprint density at radius 3 is 2.14 bits per heavy atom. The molecular formula is C13H18Cl2N2O3S. The second-order valence-electron chi connectivity index (χ2n) is 5.21. The van der Waals surface area contributed by atoms with E-state index < -0.39 is 21.0 Å². The van der Waals surface area contributed by atoms with Gasteiger partial charge >= 0.3 is 0 Å². The van der Waals surface area contributed by atoms with E-state index in [-0.39, 0.29) is 27.4 Å². The molecule has 1 unspecified atom stereocenters. The fourth-order valence-corrected chi connectivity index (χ4v) is 3.91. The van der Waals surface area contributed by atoms with E-state index in [1.54, 1.807) is 13.8 Å². The first-order valence-corrected chi connectivity index (χ1v) is 8.78. The normalized spacial score (nSPS) is 13.2. The van der Waals surface area contributed by atoms with Crippen LogP contribution in [0.5, 0.6) is 0 Å². The predicted octanol–water partition coefficient (Wildman–Crippen LogP) is 2.97. The van der Waals surface area contributed by atoms with E-state index in [1.165, 1.54) is 19.1 Å². The molecule has 0 saturated heterocycles. The largest absolute Gasteiger partial charge is 0.399 e. The van der Waals surface area contributed by atoms with E-state index in [0.29, 0.717) is 5.69 Å². The summed E-state index contributed by atoms with van der Waals surface area (Å²) < 4.78 is 24.1. The van der Waals surface area contributed by atoms with Gasteiger partial charge in [0, 0.05) is 5.69 Å². The minimum Gasteiger partial charge on any atom is -0.399 e. The summed E-state index contributed by atoms with van der Waals surface area (Å²) in [6, 6.07) is 2.85. The molecule has 118 valence electrons. The summed E-state index contributed by atoms with van der Waals surface area (Å²) in [6.07, 6.45) is 0. The number of carbonyl (C=O) groups is 1. The molecule has 21 heavy (non-hydrogen) atoms. The topological polar surface area (TPSA) is 89.3 Å². The number of amides is 1. The number of nitrogens with two attached hydrogens (primary N) is 1. The first kappa shape index (κ1) is 18.1. The fourth-order valence-electron chi connectivity index (χ4n) is 1.71. The van der Waals surface area contributed by atoms with Crippen molar-refractivity contribution in [3.05, 3.63) is 22.2 Å². The molecule has 1 aromatic rings. The zero-order chi connectivity index (χ0) is 16.4. The van der Waals surface area contributed by atoms with Gasteiger partial charge in [-0.05, 0) is 25.0 Å². The third kappa shape index (κ3) is 4.76. The monoisotopic (exact) mass is 352 g/mol. The van der Waals surface area contributed by atoms with Crippen molar-refractivity contribution in [2.45, 2.75) is 26.0 Å². The summed E-state index contributed by atoms with van der Waals surface area (Å²) in [7, 11) is -3.54. The Bertz CT molecular complexity index is 622. The molecule has 5 nitrogen and oxygen atoms in total. The summed E-state index contributed by atoms with van der Waals surface area (Å²) in [4.78, 5) is 12.1. The van der Waals surface area contributed by atoms with Gasteiger partial charge < -0.3 is 11.1 Å². The van der Waals surface area contributed by atoms with Crippen molar-refractivity contribution in [2.75, 3.05) is 16.8 Å². The lowest BCUT2D eigenvalue weighted by molar-refractivity contribution is -0.115. The van der Waals surface area contributed by atoms with Crippen LogP contribution < -0.4 is 11.1 Å². The zero-order valence-electron chi connectivity index (χ0n) is 12.0. The van der Waals surface area contributed by atoms with Crippen LogP contribution in [0.4, 0.5) is 11.4 Å². The molecular weight excluding hydrogens is 335 g/mol. The number of nitrogen functional groups attached to an aromatic ring is 1. The van der Waals surface area contributed by atoms with E-state index in [9.17, 15) is 13.2 Å². The Balaban J connectivity index is 2.97. The number of anilines is 2. The van der Waals surface area contributed by atoms with Crippen molar-refractivity contribution in [2.24, 2.45) is 5.92 Å². The Labute approximate surface area is 134 Å². The molecule has 0 aromatic heterocycles. The van der Waals surface area contributed by atoms with Crippen molar-refractivity contribution < 1.29 is 13.2 Å². The fraction of sp³-hybridized carbons (Fsp3) is 0.462. The van der Waals surface area contributed by atoms with Crippen molar-refractivity contribution in [1.29, 1.82) is 0 Å². The molecule has 0 radical (unpaired) electrons. The second-order valence-corrected chi connectivity index (χ2v) is 8.39. The number of hydrogen-bond donors (Lipinski definition) is 2. The molecule has 0 bridgehead atoms. The van der Waals surface area contributed by atoms with Crippen molar-refractivity contribution in [3.63, 3.8) is 0 Å². The van der Waals surface area contributed by atoms with Gasteiger partial charge in [-0.3, -0.25) is 4.79 Å². The van der Waals surface area contributed by atoms with Crippen molar-refractivity contribution >= 4 is 50.3 Å². The van der Waals surface area contributed by atoms with E-state index in [0.717, 1.165) is 0 Å². The van der Waals surface area contributed by atoms with Gasteiger partial charge in [0.2, 0.25) is 5.91 Å². The van der Waals surface area contributed by atoms with E-state index in [2.05, 4.69) is 5.32 Å². The highest BCUT2D eigenvalue weighted by Crippen LogP contribution is 2.33. The molecule has 3 N–H and O–H groups in total. The van der Waals surface area contributed by atoms with Gasteiger partial charge in [-0.15, -0.1) is 0 Å². The summed E-state index contributed by atoms with van der Waals surface area (Å²) in [5.74, 6) is -0.802. The molecule has 1 atom stereocenters. The van der Waals surface area contributed by atoms with Crippen LogP contribution in [0.15, 0.2) is 12.1 Å². The molecule has 0 spiro atoms. The quantitative estimate of drug-likeness (QED) is 0.797. The number of carbonyl (C=O) groups excluding carboxylic acids is 1. The van der Waals surface area contributed by atoms with E-state index in [4.69, 9.17) is 28.9 Å². The third-order valence-electron chi connectivity index (χ3n) is 2.79. The Morgan fingerprint density at radius 2 is 1.71 bits per heavy atom. The minimum atomic E-state index is -3.54. The zero-order valence-corrected chi connectivity index (χ0v) is 14.3. The number of rotatable bonds is 5. The molecule has 1 aromatic carbocycles. The van der Waals surface area contributed by atoms with Gasteiger partial charge in [0.25, 0.3) is 0 Å². The second kappa shape index (κ2) is 6.85. The summed E-state index contributed by atoms with van der Waals surface area (Å²) in [6.45, 7) is 4.89. The molecule has 0 aliphatic carbocycles. The molecule has 0 fully saturated rings. The number of sulfone groups is 1. The molecule has 1 amide bonds. The van der Waals surface area contributed by atoms with Crippen molar-refractivity contribution in [1.82, 2.24) is 0 Å². The minimum absolute atomic E-state index is 0.0612. The van der Waals surface area contributed by atoms with Gasteiger partial charge in [-0.2, -0.15) is 0 Å². The SMILES string of the molecule is CC(C)CS(=O)(=O)C(C)C(=O)Nc1c(Cl)cc(N)cc1Cl. The highest BCUT2D eigenvalue weighted by Gasteiger charge is 2.29. The number of benzene rings is 1. The summed E-state index contributed by atoms with van der Waals surface area (Å²) in [5.41, 5.74) is 6.07. The Kier molecular flexibility index (Phi) is 5.90. The molecule has 0 aliphatic heterocycles. The van der Waals surface area contributed by atoms with Crippen LogP contribution in [0.3, 0.4) is 0 Å².